The zero-order valence-electron chi connectivity index (χ0n) is 13.5. The van der Waals surface area contributed by atoms with Gasteiger partial charge in [0.25, 0.3) is 0 Å². The summed E-state index contributed by atoms with van der Waals surface area (Å²) >= 11 is 6.01. The minimum absolute atomic E-state index is 0.0792. The average molecular weight is 337 g/mol. The van der Waals surface area contributed by atoms with Crippen molar-refractivity contribution in [2.75, 3.05) is 0 Å². The molecule has 0 heterocycles. The topological polar surface area (TPSA) is 74.6 Å². The molecule has 5 heteroatoms. The molecule has 0 unspecified atom stereocenters. The van der Waals surface area contributed by atoms with Gasteiger partial charge in [-0.25, -0.2) is 0 Å². The van der Waals surface area contributed by atoms with Gasteiger partial charge in [0.1, 0.15) is 17.8 Å². The van der Waals surface area contributed by atoms with Crippen LogP contribution in [-0.4, -0.2) is 22.8 Å². The average Bonchev–Trinajstić information content (AvgIpc) is 2.53. The molecule has 0 saturated carbocycles. The number of phenols is 2. The van der Waals surface area contributed by atoms with Gasteiger partial charge in [0, 0.05) is 5.56 Å². The molecule has 0 aliphatic rings. The van der Waals surface area contributed by atoms with E-state index in [4.69, 9.17) is 11.6 Å². The van der Waals surface area contributed by atoms with Crippen molar-refractivity contribution < 1.29 is 19.8 Å². The number of hydrogen-bond acceptors (Lipinski definition) is 4. The Hall–Kier alpha value is -2.07. The van der Waals surface area contributed by atoms with E-state index in [-0.39, 0.29) is 34.1 Å². The lowest BCUT2D eigenvalue weighted by Crippen LogP contribution is -1.96. The van der Waals surface area contributed by atoms with E-state index in [1.54, 1.807) is 13.8 Å². The molecule has 1 rings (SSSR count). The fraction of sp³-hybridized carbons (Fsp3) is 0.333. The molecule has 0 aliphatic carbocycles. The van der Waals surface area contributed by atoms with E-state index in [9.17, 15) is 19.8 Å². The Morgan fingerprint density at radius 3 is 2.35 bits per heavy atom. The van der Waals surface area contributed by atoms with E-state index in [2.05, 4.69) is 0 Å². The van der Waals surface area contributed by atoms with E-state index in [0.717, 1.165) is 24.7 Å². The van der Waals surface area contributed by atoms with Crippen molar-refractivity contribution in [1.29, 1.82) is 0 Å². The molecule has 124 valence electrons. The molecule has 0 aromatic heterocycles. The largest absolute Gasteiger partial charge is 0.507 e. The highest BCUT2D eigenvalue weighted by molar-refractivity contribution is 6.33. The highest BCUT2D eigenvalue weighted by Gasteiger charge is 2.19. The van der Waals surface area contributed by atoms with Crippen LogP contribution < -0.4 is 0 Å². The first kappa shape index (κ1) is 19.0. The molecule has 0 spiro atoms. The minimum atomic E-state index is -0.236. The smallest absolute Gasteiger partial charge is 0.154 e. The quantitative estimate of drug-likeness (QED) is 0.442. The van der Waals surface area contributed by atoms with Gasteiger partial charge in [0.2, 0.25) is 0 Å². The van der Waals surface area contributed by atoms with Crippen molar-refractivity contribution in [3.8, 4) is 11.5 Å². The van der Waals surface area contributed by atoms with Crippen molar-refractivity contribution in [2.24, 2.45) is 0 Å². The minimum Gasteiger partial charge on any atom is -0.507 e. The monoisotopic (exact) mass is 336 g/mol. The molecule has 23 heavy (non-hydrogen) atoms. The molecule has 0 aliphatic heterocycles. The fourth-order valence-electron chi connectivity index (χ4n) is 2.17. The van der Waals surface area contributed by atoms with Gasteiger partial charge in [0.05, 0.1) is 10.6 Å². The van der Waals surface area contributed by atoms with Crippen molar-refractivity contribution in [3.05, 3.63) is 45.0 Å². The van der Waals surface area contributed by atoms with E-state index in [1.165, 1.54) is 0 Å². The summed E-state index contributed by atoms with van der Waals surface area (Å²) in [6.45, 7) is 5.24. The summed E-state index contributed by atoms with van der Waals surface area (Å²) in [6.07, 6.45) is 6.81. The highest BCUT2D eigenvalue weighted by atomic mass is 35.5. The van der Waals surface area contributed by atoms with Crippen LogP contribution in [-0.2, 0) is 11.2 Å². The lowest BCUT2D eigenvalue weighted by atomic mass is 9.99. The third kappa shape index (κ3) is 4.70. The molecule has 1 aromatic rings. The van der Waals surface area contributed by atoms with E-state index in [1.807, 2.05) is 19.1 Å². The summed E-state index contributed by atoms with van der Waals surface area (Å²) in [5, 5.41) is 20.3. The van der Waals surface area contributed by atoms with Crippen molar-refractivity contribution >= 4 is 24.2 Å². The first-order valence-corrected chi connectivity index (χ1v) is 7.66. The molecule has 4 nitrogen and oxygen atoms in total. The molecule has 2 N–H and O–H groups in total. The number of benzene rings is 1. The highest BCUT2D eigenvalue weighted by Crippen LogP contribution is 2.40. The number of aromatic hydroxyl groups is 2. The van der Waals surface area contributed by atoms with Gasteiger partial charge < -0.3 is 10.2 Å². The van der Waals surface area contributed by atoms with Crippen LogP contribution in [0.3, 0.4) is 0 Å². The Labute approximate surface area is 141 Å². The Morgan fingerprint density at radius 1 is 1.13 bits per heavy atom. The molecule has 0 atom stereocenters. The van der Waals surface area contributed by atoms with Crippen molar-refractivity contribution in [2.45, 2.75) is 40.0 Å². The van der Waals surface area contributed by atoms with Gasteiger partial charge in [-0.1, -0.05) is 29.3 Å². The second kappa shape index (κ2) is 8.53. The summed E-state index contributed by atoms with van der Waals surface area (Å²) in [6, 6.07) is 0. The second-order valence-corrected chi connectivity index (χ2v) is 5.88. The Bertz CT molecular complexity index is 672. The molecule has 0 amide bonds. The summed E-state index contributed by atoms with van der Waals surface area (Å²) in [5.74, 6) is -0.437. The van der Waals surface area contributed by atoms with Gasteiger partial charge in [-0.2, -0.15) is 0 Å². The van der Waals surface area contributed by atoms with E-state index in [0.29, 0.717) is 17.4 Å². The Balaban J connectivity index is 2.97. The van der Waals surface area contributed by atoms with E-state index >= 15 is 0 Å². The van der Waals surface area contributed by atoms with Crippen LogP contribution >= 0.6 is 11.6 Å². The standard InChI is InChI=1S/C18H21ClO4/c1-11(5-4-6-12(2)9-20)7-8-14-17(22)15(10-21)13(3)16(19)18(14)23/h6-7,9-10,22-23H,4-5,8H2,1-3H3/b11-7+,12-6+. The lowest BCUT2D eigenvalue weighted by molar-refractivity contribution is -0.104. The van der Waals surface area contributed by atoms with Crippen LogP contribution in [0.4, 0.5) is 0 Å². The SMILES string of the molecule is C/C(C=O)=C\CC/C(C)=C/Cc1c(O)c(Cl)c(C)c(C=O)c1O. The van der Waals surface area contributed by atoms with Crippen molar-refractivity contribution in [3.63, 3.8) is 0 Å². The van der Waals surface area contributed by atoms with Gasteiger partial charge in [0.15, 0.2) is 6.29 Å². The van der Waals surface area contributed by atoms with Crippen LogP contribution in [0.25, 0.3) is 0 Å². The number of carbonyl (C=O) groups excluding carboxylic acids is 2. The number of rotatable bonds is 7. The maximum atomic E-state index is 11.1. The number of phenolic OH excluding ortho intramolecular Hbond substituents is 2. The van der Waals surface area contributed by atoms with Crippen LogP contribution in [0.2, 0.25) is 5.02 Å². The van der Waals surface area contributed by atoms with Gasteiger partial charge in [-0.3, -0.25) is 9.59 Å². The summed E-state index contributed by atoms with van der Waals surface area (Å²) in [7, 11) is 0. The van der Waals surface area contributed by atoms with Crippen molar-refractivity contribution in [1.82, 2.24) is 0 Å². The lowest BCUT2D eigenvalue weighted by Gasteiger charge is -2.13. The van der Waals surface area contributed by atoms with Gasteiger partial charge in [-0.05, 0) is 51.2 Å². The number of aldehydes is 2. The summed E-state index contributed by atoms with van der Waals surface area (Å²) in [4.78, 5) is 21.6. The second-order valence-electron chi connectivity index (χ2n) is 5.51. The normalized spacial score (nSPS) is 12.3. The molecule has 0 fully saturated rings. The van der Waals surface area contributed by atoms with Gasteiger partial charge in [-0.15, -0.1) is 0 Å². The number of allylic oxidation sites excluding steroid dienone is 4. The van der Waals surface area contributed by atoms with Crippen LogP contribution in [0.15, 0.2) is 23.3 Å². The number of halogens is 1. The molecular formula is C18H21ClO4. The third-order valence-electron chi connectivity index (χ3n) is 3.73. The Kier molecular flexibility index (Phi) is 7.04. The van der Waals surface area contributed by atoms with E-state index < -0.39 is 0 Å². The number of hydrogen-bond donors (Lipinski definition) is 2. The molecule has 1 aromatic carbocycles. The first-order chi connectivity index (χ1) is 10.8. The predicted octanol–water partition coefficient (Wildman–Crippen LogP) is 4.29. The summed E-state index contributed by atoms with van der Waals surface area (Å²) < 4.78 is 0. The molecule has 0 saturated heterocycles. The number of carbonyl (C=O) groups is 2. The van der Waals surface area contributed by atoms with Gasteiger partial charge >= 0.3 is 0 Å². The predicted molar refractivity (Wildman–Crippen MR) is 91.4 cm³/mol. The Morgan fingerprint density at radius 2 is 1.78 bits per heavy atom. The fourth-order valence-corrected chi connectivity index (χ4v) is 2.39. The molecule has 0 radical (unpaired) electrons. The zero-order valence-corrected chi connectivity index (χ0v) is 14.3. The molecule has 0 bridgehead atoms. The summed E-state index contributed by atoms with van der Waals surface area (Å²) in [5.41, 5.74) is 2.42. The zero-order chi connectivity index (χ0) is 17.6. The van der Waals surface area contributed by atoms with Crippen LogP contribution in [0, 0.1) is 6.92 Å². The molecular weight excluding hydrogens is 316 g/mol. The van der Waals surface area contributed by atoms with Crippen LogP contribution in [0.1, 0.15) is 48.2 Å². The first-order valence-electron chi connectivity index (χ1n) is 7.29. The maximum Gasteiger partial charge on any atom is 0.154 e. The van der Waals surface area contributed by atoms with Crippen LogP contribution in [0.5, 0.6) is 11.5 Å². The maximum absolute atomic E-state index is 11.1. The third-order valence-corrected chi connectivity index (χ3v) is 4.19.